The van der Waals surface area contributed by atoms with Crippen molar-refractivity contribution in [2.24, 2.45) is 5.92 Å². The molecule has 2 heterocycles. The van der Waals surface area contributed by atoms with E-state index in [2.05, 4.69) is 15.5 Å². The zero-order chi connectivity index (χ0) is 16.9. The highest BCUT2D eigenvalue weighted by molar-refractivity contribution is 5.88. The molecule has 1 aromatic heterocycles. The number of halogens is 2. The summed E-state index contributed by atoms with van der Waals surface area (Å²) in [7, 11) is 0. The molecule has 0 aliphatic carbocycles. The van der Waals surface area contributed by atoms with Crippen LogP contribution in [0.5, 0.6) is 0 Å². The third-order valence-electron chi connectivity index (χ3n) is 4.16. The highest BCUT2D eigenvalue weighted by atomic mass is 19.1. The molecule has 1 N–H and O–H groups in total. The van der Waals surface area contributed by atoms with Gasteiger partial charge in [0.2, 0.25) is 0 Å². The van der Waals surface area contributed by atoms with E-state index in [0.717, 1.165) is 18.9 Å². The second-order valence-electron chi connectivity index (χ2n) is 5.95. The second kappa shape index (κ2) is 7.33. The van der Waals surface area contributed by atoms with Crippen molar-refractivity contribution < 1.29 is 13.6 Å². The topological polar surface area (TPSA) is 58.1 Å². The number of carbonyl (C=O) groups is 1. The molecule has 1 aromatic carbocycles. The Morgan fingerprint density at radius 1 is 1.21 bits per heavy atom. The largest absolute Gasteiger partial charge is 0.324 e. The summed E-state index contributed by atoms with van der Waals surface area (Å²) < 4.78 is 26.5. The van der Waals surface area contributed by atoms with Crippen LogP contribution in [0.15, 0.2) is 36.5 Å². The van der Waals surface area contributed by atoms with Gasteiger partial charge in [0.05, 0.1) is 0 Å². The lowest BCUT2D eigenvalue weighted by Crippen LogP contribution is -2.41. The van der Waals surface area contributed by atoms with Gasteiger partial charge in [0.25, 0.3) is 0 Å². The highest BCUT2D eigenvalue weighted by Crippen LogP contribution is 2.23. The van der Waals surface area contributed by atoms with Gasteiger partial charge in [-0.15, -0.1) is 5.10 Å². The van der Waals surface area contributed by atoms with Gasteiger partial charge >= 0.3 is 6.03 Å². The smallest absolute Gasteiger partial charge is 0.323 e. The summed E-state index contributed by atoms with van der Waals surface area (Å²) in [5, 5.41) is 10.2. The molecule has 1 aliphatic heterocycles. The van der Waals surface area contributed by atoms with Gasteiger partial charge in [0, 0.05) is 25.4 Å². The van der Waals surface area contributed by atoms with E-state index >= 15 is 0 Å². The number of anilines is 1. The molecule has 1 aliphatic rings. The van der Waals surface area contributed by atoms with Crippen LogP contribution in [0.2, 0.25) is 0 Å². The van der Waals surface area contributed by atoms with Gasteiger partial charge in [-0.1, -0.05) is 0 Å². The minimum absolute atomic E-state index is 0.203. The highest BCUT2D eigenvalue weighted by Gasteiger charge is 2.23. The lowest BCUT2D eigenvalue weighted by molar-refractivity contribution is 0.182. The van der Waals surface area contributed by atoms with E-state index in [-0.39, 0.29) is 6.03 Å². The van der Waals surface area contributed by atoms with Gasteiger partial charge in [-0.3, -0.25) is 5.32 Å². The minimum Gasteiger partial charge on any atom is -0.324 e. The molecule has 126 valence electrons. The van der Waals surface area contributed by atoms with Crippen LogP contribution in [-0.2, 0) is 6.42 Å². The maximum absolute atomic E-state index is 13.2. The number of nitrogens with zero attached hydrogens (tertiary/aromatic N) is 3. The summed E-state index contributed by atoms with van der Waals surface area (Å²) in [4.78, 5) is 13.9. The Balaban J connectivity index is 1.51. The van der Waals surface area contributed by atoms with Crippen molar-refractivity contribution in [2.75, 3.05) is 18.4 Å². The van der Waals surface area contributed by atoms with Gasteiger partial charge in [-0.25, -0.2) is 13.6 Å². The van der Waals surface area contributed by atoms with Gasteiger partial charge in [0.1, 0.15) is 11.6 Å². The minimum atomic E-state index is -0.550. The fraction of sp³-hybridized carbons (Fsp3) is 0.353. The normalized spacial score (nSPS) is 15.3. The molecular formula is C17H18F2N4O. The molecule has 1 fully saturated rings. The zero-order valence-electron chi connectivity index (χ0n) is 13.1. The van der Waals surface area contributed by atoms with Crippen LogP contribution in [0, 0.1) is 17.6 Å². The predicted octanol–water partition coefficient (Wildman–Crippen LogP) is 3.24. The van der Waals surface area contributed by atoms with E-state index in [1.807, 2.05) is 0 Å². The fourth-order valence-electron chi connectivity index (χ4n) is 2.96. The Morgan fingerprint density at radius 2 is 1.92 bits per heavy atom. The lowest BCUT2D eigenvalue weighted by Gasteiger charge is -2.32. The Bertz CT molecular complexity index is 683. The van der Waals surface area contributed by atoms with Gasteiger partial charge in [-0.2, -0.15) is 5.10 Å². The van der Waals surface area contributed by atoms with E-state index in [0.29, 0.717) is 36.8 Å². The summed E-state index contributed by atoms with van der Waals surface area (Å²) >= 11 is 0. The van der Waals surface area contributed by atoms with Crippen molar-refractivity contribution in [2.45, 2.75) is 19.3 Å². The Kier molecular flexibility index (Phi) is 4.98. The number of amides is 2. The first-order valence-electron chi connectivity index (χ1n) is 7.89. The Hall–Kier alpha value is -2.57. The van der Waals surface area contributed by atoms with Crippen LogP contribution in [0.25, 0.3) is 0 Å². The van der Waals surface area contributed by atoms with Crippen LogP contribution in [0.4, 0.5) is 19.4 Å². The molecule has 2 aromatic rings. The lowest BCUT2D eigenvalue weighted by atomic mass is 9.90. The number of hydrogen-bond acceptors (Lipinski definition) is 3. The van der Waals surface area contributed by atoms with Crippen molar-refractivity contribution in [3.8, 4) is 0 Å². The zero-order valence-corrected chi connectivity index (χ0v) is 13.1. The van der Waals surface area contributed by atoms with Crippen molar-refractivity contribution in [1.82, 2.24) is 15.1 Å². The van der Waals surface area contributed by atoms with Crippen LogP contribution >= 0.6 is 0 Å². The fourth-order valence-corrected chi connectivity index (χ4v) is 2.96. The maximum Gasteiger partial charge on any atom is 0.323 e. The number of urea groups is 1. The number of benzene rings is 1. The summed E-state index contributed by atoms with van der Waals surface area (Å²) in [5.41, 5.74) is 0.662. The summed E-state index contributed by atoms with van der Waals surface area (Å²) in [6.45, 7) is 1.21. The summed E-state index contributed by atoms with van der Waals surface area (Å²) in [6.07, 6.45) is 3.75. The molecule has 5 nitrogen and oxygen atoms in total. The molecule has 0 radical (unpaired) electrons. The molecule has 7 heteroatoms. The Labute approximate surface area is 138 Å². The quantitative estimate of drug-likeness (QED) is 0.939. The van der Waals surface area contributed by atoms with Crippen LogP contribution in [0.3, 0.4) is 0 Å². The van der Waals surface area contributed by atoms with E-state index in [1.165, 1.54) is 18.3 Å². The second-order valence-corrected chi connectivity index (χ2v) is 5.95. The van der Waals surface area contributed by atoms with Gasteiger partial charge < -0.3 is 4.90 Å². The average Bonchev–Trinajstić information content (AvgIpc) is 2.55. The molecule has 3 rings (SSSR count). The standard InChI is InChI=1S/C17H18F2N4O/c18-14-9-13(10-15(19)11-14)8-12-3-6-23(7-4-12)17(24)21-16-2-1-5-20-22-16/h1-2,5,9-12H,3-4,6-8H2,(H,21,22,24). The number of rotatable bonds is 3. The van der Waals surface area contributed by atoms with Gasteiger partial charge in [0.15, 0.2) is 5.82 Å². The molecular weight excluding hydrogens is 314 g/mol. The molecule has 0 bridgehead atoms. The van der Waals surface area contributed by atoms with Crippen molar-refractivity contribution in [3.05, 3.63) is 53.7 Å². The Morgan fingerprint density at radius 3 is 2.54 bits per heavy atom. The molecule has 24 heavy (non-hydrogen) atoms. The first-order valence-corrected chi connectivity index (χ1v) is 7.89. The molecule has 0 unspecified atom stereocenters. The third-order valence-corrected chi connectivity index (χ3v) is 4.16. The number of likely N-dealkylation sites (tertiary alicyclic amines) is 1. The van der Waals surface area contributed by atoms with Crippen LogP contribution in [-0.4, -0.2) is 34.2 Å². The molecule has 0 spiro atoms. The van der Waals surface area contributed by atoms with Crippen molar-refractivity contribution in [1.29, 1.82) is 0 Å². The average molecular weight is 332 g/mol. The number of piperidine rings is 1. The monoisotopic (exact) mass is 332 g/mol. The molecule has 0 saturated carbocycles. The number of hydrogen-bond donors (Lipinski definition) is 1. The molecule has 2 amide bonds. The van der Waals surface area contributed by atoms with E-state index in [1.54, 1.807) is 17.0 Å². The molecule has 1 saturated heterocycles. The summed E-state index contributed by atoms with van der Waals surface area (Å²) in [6, 6.07) is 6.80. The first-order chi connectivity index (χ1) is 11.6. The maximum atomic E-state index is 13.2. The number of aromatic nitrogens is 2. The van der Waals surface area contributed by atoms with Gasteiger partial charge in [-0.05, 0) is 55.0 Å². The number of nitrogens with one attached hydrogen (secondary N) is 1. The SMILES string of the molecule is O=C(Nc1cccnn1)N1CCC(Cc2cc(F)cc(F)c2)CC1. The van der Waals surface area contributed by atoms with Crippen LogP contribution < -0.4 is 5.32 Å². The number of carbonyl (C=O) groups excluding carboxylic acids is 1. The van der Waals surface area contributed by atoms with E-state index in [4.69, 9.17) is 0 Å². The van der Waals surface area contributed by atoms with Crippen molar-refractivity contribution in [3.63, 3.8) is 0 Å². The summed E-state index contributed by atoms with van der Waals surface area (Å²) in [5.74, 6) is -0.372. The van der Waals surface area contributed by atoms with E-state index < -0.39 is 11.6 Å². The van der Waals surface area contributed by atoms with Crippen LogP contribution in [0.1, 0.15) is 18.4 Å². The predicted molar refractivity (Wildman–Crippen MR) is 85.4 cm³/mol. The van der Waals surface area contributed by atoms with Crippen molar-refractivity contribution >= 4 is 11.8 Å². The molecule has 0 atom stereocenters. The third kappa shape index (κ3) is 4.24. The van der Waals surface area contributed by atoms with E-state index in [9.17, 15) is 13.6 Å². The first kappa shape index (κ1) is 16.3.